The van der Waals surface area contributed by atoms with Crippen molar-refractivity contribution in [3.05, 3.63) is 53.0 Å². The molecule has 0 atom stereocenters. The summed E-state index contributed by atoms with van der Waals surface area (Å²) in [4.78, 5) is 25.4. The summed E-state index contributed by atoms with van der Waals surface area (Å²) in [7, 11) is 0. The number of fused-ring (bicyclic) bond motifs is 3. The predicted octanol–water partition coefficient (Wildman–Crippen LogP) is 1.95. The number of hydrogen-bond donors (Lipinski definition) is 3. The van der Waals surface area contributed by atoms with Crippen LogP contribution in [0.1, 0.15) is 27.2 Å². The van der Waals surface area contributed by atoms with Gasteiger partial charge in [-0.2, -0.15) is 0 Å². The Bertz CT molecular complexity index is 917. The number of anilines is 1. The molecule has 1 aliphatic rings. The Morgan fingerprint density at radius 2 is 2.12 bits per heavy atom. The summed E-state index contributed by atoms with van der Waals surface area (Å²) in [6, 6.07) is 6.45. The second-order valence-electron chi connectivity index (χ2n) is 6.02. The highest BCUT2D eigenvalue weighted by atomic mass is 16.5. The molecule has 0 saturated heterocycles. The van der Waals surface area contributed by atoms with Gasteiger partial charge in [-0.15, -0.1) is 0 Å². The third-order valence-corrected chi connectivity index (χ3v) is 4.42. The molecule has 0 spiro atoms. The number of carbonyl (C=O) groups excluding carboxylic acids is 1. The van der Waals surface area contributed by atoms with Gasteiger partial charge in [0.1, 0.15) is 0 Å². The number of aromatic amines is 1. The van der Waals surface area contributed by atoms with E-state index in [-0.39, 0.29) is 5.56 Å². The zero-order valence-electron chi connectivity index (χ0n) is 13.2. The standard InChI is InChI=1S/C17H17N5O2/c1-10-2-3-14-13(6-10)12-4-5-22(9-15(12)20-14)17-18-7-11(8-19-17)16(23)21-24/h2-3,6-8,20,24H,4-5,9H2,1H3,(H,21,23). The summed E-state index contributed by atoms with van der Waals surface area (Å²) in [6.07, 6.45) is 3.75. The Labute approximate surface area is 138 Å². The van der Waals surface area contributed by atoms with E-state index in [0.717, 1.165) is 18.5 Å². The number of hydroxylamine groups is 1. The van der Waals surface area contributed by atoms with Crippen LogP contribution < -0.4 is 10.4 Å². The van der Waals surface area contributed by atoms with Gasteiger partial charge < -0.3 is 9.88 Å². The summed E-state index contributed by atoms with van der Waals surface area (Å²) >= 11 is 0. The number of amides is 1. The van der Waals surface area contributed by atoms with E-state index in [9.17, 15) is 4.79 Å². The number of nitrogens with one attached hydrogen (secondary N) is 2. The average molecular weight is 323 g/mol. The molecular formula is C17H17N5O2. The lowest BCUT2D eigenvalue weighted by atomic mass is 10.0. The van der Waals surface area contributed by atoms with Gasteiger partial charge in [0.05, 0.1) is 12.1 Å². The lowest BCUT2D eigenvalue weighted by Gasteiger charge is -2.27. The van der Waals surface area contributed by atoms with Crippen molar-refractivity contribution in [2.45, 2.75) is 19.9 Å². The molecule has 0 fully saturated rings. The number of rotatable bonds is 2. The fourth-order valence-corrected chi connectivity index (χ4v) is 3.19. The van der Waals surface area contributed by atoms with Crippen LogP contribution >= 0.6 is 0 Å². The molecule has 4 rings (SSSR count). The number of nitrogens with zero attached hydrogens (tertiary/aromatic N) is 3. The van der Waals surface area contributed by atoms with Crippen molar-refractivity contribution in [3.63, 3.8) is 0 Å². The number of H-pyrrole nitrogens is 1. The van der Waals surface area contributed by atoms with E-state index < -0.39 is 5.91 Å². The van der Waals surface area contributed by atoms with Crippen molar-refractivity contribution < 1.29 is 10.0 Å². The second kappa shape index (κ2) is 5.61. The lowest BCUT2D eigenvalue weighted by molar-refractivity contribution is 0.0705. The third-order valence-electron chi connectivity index (χ3n) is 4.42. The van der Waals surface area contributed by atoms with E-state index in [2.05, 4.69) is 45.0 Å². The van der Waals surface area contributed by atoms with Crippen LogP contribution in [0.3, 0.4) is 0 Å². The van der Waals surface area contributed by atoms with Gasteiger partial charge in [0, 0.05) is 35.5 Å². The molecule has 3 N–H and O–H groups in total. The molecule has 122 valence electrons. The Hall–Kier alpha value is -2.93. The lowest BCUT2D eigenvalue weighted by Crippen LogP contribution is -2.31. The van der Waals surface area contributed by atoms with Crippen molar-refractivity contribution in [3.8, 4) is 0 Å². The summed E-state index contributed by atoms with van der Waals surface area (Å²) in [6.45, 7) is 3.62. The van der Waals surface area contributed by atoms with Gasteiger partial charge in [0.25, 0.3) is 5.91 Å². The van der Waals surface area contributed by atoms with Crippen LogP contribution in [-0.4, -0.2) is 32.6 Å². The van der Waals surface area contributed by atoms with Gasteiger partial charge in [-0.25, -0.2) is 15.4 Å². The molecule has 3 aromatic rings. The molecule has 2 aromatic heterocycles. The largest absolute Gasteiger partial charge is 0.357 e. The van der Waals surface area contributed by atoms with E-state index >= 15 is 0 Å². The maximum absolute atomic E-state index is 11.3. The molecule has 0 aliphatic carbocycles. The van der Waals surface area contributed by atoms with Crippen LogP contribution in [0.5, 0.6) is 0 Å². The first-order chi connectivity index (χ1) is 11.7. The highest BCUT2D eigenvalue weighted by molar-refractivity contribution is 5.92. The monoisotopic (exact) mass is 323 g/mol. The van der Waals surface area contributed by atoms with Gasteiger partial charge in [-0.1, -0.05) is 11.6 Å². The van der Waals surface area contributed by atoms with Crippen LogP contribution in [-0.2, 0) is 13.0 Å². The van der Waals surface area contributed by atoms with Crippen molar-refractivity contribution in [1.82, 2.24) is 20.4 Å². The minimum Gasteiger partial charge on any atom is -0.357 e. The minimum absolute atomic E-state index is 0.222. The summed E-state index contributed by atoms with van der Waals surface area (Å²) < 4.78 is 0. The number of benzene rings is 1. The van der Waals surface area contributed by atoms with Crippen LogP contribution in [0, 0.1) is 6.92 Å². The molecule has 1 aliphatic heterocycles. The molecule has 7 heteroatoms. The topological polar surface area (TPSA) is 94.1 Å². The van der Waals surface area contributed by atoms with Gasteiger partial charge in [-0.3, -0.25) is 10.0 Å². The molecule has 3 heterocycles. The van der Waals surface area contributed by atoms with Gasteiger partial charge in [-0.05, 0) is 31.0 Å². The minimum atomic E-state index is -0.617. The first-order valence-electron chi connectivity index (χ1n) is 7.77. The Balaban J connectivity index is 1.62. The van der Waals surface area contributed by atoms with Crippen LogP contribution in [0.15, 0.2) is 30.6 Å². The number of aromatic nitrogens is 3. The summed E-state index contributed by atoms with van der Waals surface area (Å²) in [5, 5.41) is 9.93. The SMILES string of the molecule is Cc1ccc2[nH]c3c(c2c1)CCN(c1ncc(C(=O)NO)cn1)C3. The first-order valence-corrected chi connectivity index (χ1v) is 7.77. The normalized spacial score (nSPS) is 13.8. The van der Waals surface area contributed by atoms with E-state index in [4.69, 9.17) is 5.21 Å². The number of carbonyl (C=O) groups is 1. The first kappa shape index (κ1) is 14.6. The molecule has 24 heavy (non-hydrogen) atoms. The Morgan fingerprint density at radius 1 is 1.33 bits per heavy atom. The average Bonchev–Trinajstić information content (AvgIpc) is 2.98. The van der Waals surface area contributed by atoms with Crippen molar-refractivity contribution >= 4 is 22.8 Å². The van der Waals surface area contributed by atoms with Gasteiger partial charge in [0.2, 0.25) is 5.95 Å². The molecule has 0 bridgehead atoms. The van der Waals surface area contributed by atoms with Crippen LogP contribution in [0.2, 0.25) is 0 Å². The molecule has 0 saturated carbocycles. The smallest absolute Gasteiger partial charge is 0.277 e. The van der Waals surface area contributed by atoms with Gasteiger partial charge >= 0.3 is 0 Å². The maximum atomic E-state index is 11.3. The molecule has 0 unspecified atom stereocenters. The molecule has 0 radical (unpaired) electrons. The Kier molecular flexibility index (Phi) is 3.42. The van der Waals surface area contributed by atoms with E-state index in [1.165, 1.54) is 34.6 Å². The van der Waals surface area contributed by atoms with Crippen LogP contribution in [0.4, 0.5) is 5.95 Å². The molecular weight excluding hydrogens is 306 g/mol. The zero-order chi connectivity index (χ0) is 16.7. The summed E-state index contributed by atoms with van der Waals surface area (Å²) in [5.74, 6) is -0.0431. The van der Waals surface area contributed by atoms with Crippen LogP contribution in [0.25, 0.3) is 10.9 Å². The highest BCUT2D eigenvalue weighted by Gasteiger charge is 2.22. The van der Waals surface area contributed by atoms with Crippen molar-refractivity contribution in [2.75, 3.05) is 11.4 Å². The van der Waals surface area contributed by atoms with Crippen molar-refractivity contribution in [2.24, 2.45) is 0 Å². The number of aryl methyl sites for hydroxylation is 1. The predicted molar refractivity (Wildman–Crippen MR) is 89.1 cm³/mol. The summed E-state index contributed by atoms with van der Waals surface area (Å²) in [5.41, 5.74) is 6.76. The highest BCUT2D eigenvalue weighted by Crippen LogP contribution is 2.29. The zero-order valence-corrected chi connectivity index (χ0v) is 13.2. The Morgan fingerprint density at radius 3 is 2.88 bits per heavy atom. The van der Waals surface area contributed by atoms with E-state index in [1.54, 1.807) is 5.48 Å². The van der Waals surface area contributed by atoms with E-state index in [1.807, 2.05) is 0 Å². The van der Waals surface area contributed by atoms with Gasteiger partial charge in [0.15, 0.2) is 0 Å². The quantitative estimate of drug-likeness (QED) is 0.495. The second-order valence-corrected chi connectivity index (χ2v) is 6.02. The maximum Gasteiger partial charge on any atom is 0.277 e. The molecule has 1 amide bonds. The molecule has 1 aromatic carbocycles. The number of hydrogen-bond acceptors (Lipinski definition) is 5. The van der Waals surface area contributed by atoms with E-state index in [0.29, 0.717) is 12.5 Å². The molecule has 7 nitrogen and oxygen atoms in total. The fourth-order valence-electron chi connectivity index (χ4n) is 3.19. The third kappa shape index (κ3) is 2.39. The van der Waals surface area contributed by atoms with Crippen molar-refractivity contribution in [1.29, 1.82) is 0 Å². The fraction of sp³-hybridized carbons (Fsp3) is 0.235.